The van der Waals surface area contributed by atoms with E-state index in [-0.39, 0.29) is 11.1 Å². The van der Waals surface area contributed by atoms with Crippen LogP contribution in [0.3, 0.4) is 0 Å². The third-order valence-electron chi connectivity index (χ3n) is 1.71. The van der Waals surface area contributed by atoms with Gasteiger partial charge in [0.2, 0.25) is 0 Å². The third-order valence-corrected chi connectivity index (χ3v) is 1.71. The summed E-state index contributed by atoms with van der Waals surface area (Å²) in [5.41, 5.74) is 0.339. The second-order valence-electron chi connectivity index (χ2n) is 2.73. The highest BCUT2D eigenvalue weighted by atomic mass is 17.1. The van der Waals surface area contributed by atoms with Gasteiger partial charge in [0, 0.05) is 0 Å². The lowest BCUT2D eigenvalue weighted by Gasteiger charge is -2.03. The maximum absolute atomic E-state index is 10.9. The Hall–Kier alpha value is -1.88. The Bertz CT molecular complexity index is 383. The molecule has 1 aromatic rings. The molecule has 5 nitrogen and oxygen atoms in total. The molecule has 1 aromatic carbocycles. The molecule has 0 spiro atoms. The van der Waals surface area contributed by atoms with Gasteiger partial charge in [-0.2, -0.15) is 5.26 Å². The molecule has 0 saturated carbocycles. The molecule has 0 aromatic heterocycles. The van der Waals surface area contributed by atoms with E-state index in [4.69, 9.17) is 10.4 Å². The number of carbonyl (C=O) groups is 2. The van der Waals surface area contributed by atoms with Crippen LogP contribution in [-0.2, 0) is 4.89 Å². The number of hydrogen-bond acceptors (Lipinski definition) is 4. The predicted octanol–water partition coefficient (Wildman–Crippen LogP) is 1.32. The van der Waals surface area contributed by atoms with E-state index >= 15 is 0 Å². The van der Waals surface area contributed by atoms with Crippen molar-refractivity contribution >= 4 is 11.9 Å². The Morgan fingerprint density at radius 2 is 1.93 bits per heavy atom. The van der Waals surface area contributed by atoms with Crippen LogP contribution in [0.2, 0.25) is 0 Å². The summed E-state index contributed by atoms with van der Waals surface area (Å²) >= 11 is 0. The normalized spacial score (nSPS) is 9.57. The van der Waals surface area contributed by atoms with E-state index < -0.39 is 11.9 Å². The summed E-state index contributed by atoms with van der Waals surface area (Å²) in [4.78, 5) is 25.1. The van der Waals surface area contributed by atoms with Crippen LogP contribution in [0.5, 0.6) is 0 Å². The Balaban J connectivity index is 3.28. The van der Waals surface area contributed by atoms with Gasteiger partial charge in [0.05, 0.1) is 11.1 Å². The van der Waals surface area contributed by atoms with Gasteiger partial charge in [0.25, 0.3) is 0 Å². The fourth-order valence-electron chi connectivity index (χ4n) is 1.06. The molecule has 1 rings (SSSR count). The molecule has 0 atom stereocenters. The molecular weight excluding hydrogens is 188 g/mol. The van der Waals surface area contributed by atoms with Gasteiger partial charge >= 0.3 is 11.9 Å². The fraction of sp³-hybridized carbons (Fsp3) is 0.111. The van der Waals surface area contributed by atoms with Crippen LogP contribution in [0.1, 0.15) is 26.3 Å². The van der Waals surface area contributed by atoms with Crippen molar-refractivity contribution in [3.8, 4) is 0 Å². The third kappa shape index (κ3) is 1.89. The number of carbonyl (C=O) groups excluding carboxylic acids is 1. The lowest BCUT2D eigenvalue weighted by molar-refractivity contribution is -0.182. The summed E-state index contributed by atoms with van der Waals surface area (Å²) in [7, 11) is 0. The van der Waals surface area contributed by atoms with Gasteiger partial charge in [-0.3, -0.25) is 4.89 Å². The van der Waals surface area contributed by atoms with Crippen LogP contribution in [0.15, 0.2) is 18.2 Å². The van der Waals surface area contributed by atoms with E-state index in [2.05, 4.69) is 4.89 Å². The Morgan fingerprint density at radius 3 is 2.43 bits per heavy atom. The Kier molecular flexibility index (Phi) is 2.83. The SMILES string of the molecule is Cc1ccc(C(=O)OO)c(C(=O)O)c1. The van der Waals surface area contributed by atoms with Crippen molar-refractivity contribution in [1.82, 2.24) is 0 Å². The molecule has 0 radical (unpaired) electrons. The van der Waals surface area contributed by atoms with Gasteiger partial charge < -0.3 is 5.11 Å². The lowest BCUT2D eigenvalue weighted by Crippen LogP contribution is -2.10. The molecular formula is C9H8O5. The molecule has 74 valence electrons. The number of rotatable bonds is 2. The van der Waals surface area contributed by atoms with Crippen molar-refractivity contribution in [2.75, 3.05) is 0 Å². The molecule has 2 N–H and O–H groups in total. The smallest absolute Gasteiger partial charge is 0.373 e. The number of hydrogen-bond donors (Lipinski definition) is 2. The zero-order chi connectivity index (χ0) is 10.7. The number of carboxylic acids is 1. The van der Waals surface area contributed by atoms with Crippen molar-refractivity contribution < 1.29 is 24.8 Å². The fourth-order valence-corrected chi connectivity index (χ4v) is 1.06. The highest BCUT2D eigenvalue weighted by Crippen LogP contribution is 2.12. The predicted molar refractivity (Wildman–Crippen MR) is 46.2 cm³/mol. The van der Waals surface area contributed by atoms with Crippen molar-refractivity contribution in [3.05, 3.63) is 34.9 Å². The molecule has 0 aliphatic rings. The van der Waals surface area contributed by atoms with E-state index in [0.717, 1.165) is 0 Å². The minimum Gasteiger partial charge on any atom is -0.478 e. The molecule has 0 heterocycles. The van der Waals surface area contributed by atoms with Crippen molar-refractivity contribution in [1.29, 1.82) is 0 Å². The summed E-state index contributed by atoms with van der Waals surface area (Å²) in [5, 5.41) is 16.9. The van der Waals surface area contributed by atoms with E-state index in [0.29, 0.717) is 5.56 Å². The monoisotopic (exact) mass is 196 g/mol. The molecule has 0 aliphatic heterocycles. The number of carboxylic acid groups (broad SMARTS) is 1. The van der Waals surface area contributed by atoms with E-state index in [1.165, 1.54) is 12.1 Å². The van der Waals surface area contributed by atoms with Gasteiger partial charge in [0.15, 0.2) is 0 Å². The lowest BCUT2D eigenvalue weighted by atomic mass is 10.0. The first kappa shape index (κ1) is 10.2. The van der Waals surface area contributed by atoms with Crippen molar-refractivity contribution in [3.63, 3.8) is 0 Å². The Labute approximate surface area is 79.5 Å². The molecule has 0 saturated heterocycles. The molecule has 0 aliphatic carbocycles. The highest BCUT2D eigenvalue weighted by molar-refractivity contribution is 6.02. The quantitative estimate of drug-likeness (QED) is 0.550. The van der Waals surface area contributed by atoms with Crippen LogP contribution < -0.4 is 0 Å². The van der Waals surface area contributed by atoms with Crippen LogP contribution in [0, 0.1) is 6.92 Å². The van der Waals surface area contributed by atoms with Gasteiger partial charge in [-0.05, 0) is 19.1 Å². The van der Waals surface area contributed by atoms with E-state index in [1.807, 2.05) is 0 Å². The first-order chi connectivity index (χ1) is 6.56. The van der Waals surface area contributed by atoms with Gasteiger partial charge in [-0.15, -0.1) is 0 Å². The molecule has 0 fully saturated rings. The topological polar surface area (TPSA) is 83.8 Å². The van der Waals surface area contributed by atoms with Crippen LogP contribution >= 0.6 is 0 Å². The number of aromatic carboxylic acids is 1. The molecule has 0 unspecified atom stereocenters. The maximum Gasteiger partial charge on any atom is 0.373 e. The average Bonchev–Trinajstić information content (AvgIpc) is 2.16. The van der Waals surface area contributed by atoms with Gasteiger partial charge in [0.1, 0.15) is 0 Å². The van der Waals surface area contributed by atoms with Crippen molar-refractivity contribution in [2.24, 2.45) is 0 Å². The highest BCUT2D eigenvalue weighted by Gasteiger charge is 2.17. The average molecular weight is 196 g/mol. The van der Waals surface area contributed by atoms with E-state index in [1.54, 1.807) is 13.0 Å². The minimum absolute atomic E-state index is 0.175. The van der Waals surface area contributed by atoms with Crippen LogP contribution in [0.4, 0.5) is 0 Å². The second kappa shape index (κ2) is 3.89. The molecule has 5 heteroatoms. The zero-order valence-corrected chi connectivity index (χ0v) is 7.35. The molecule has 0 amide bonds. The summed E-state index contributed by atoms with van der Waals surface area (Å²) < 4.78 is 0. The van der Waals surface area contributed by atoms with Crippen molar-refractivity contribution in [2.45, 2.75) is 6.92 Å². The van der Waals surface area contributed by atoms with Crippen LogP contribution in [0.25, 0.3) is 0 Å². The van der Waals surface area contributed by atoms with E-state index in [9.17, 15) is 9.59 Å². The first-order valence-corrected chi connectivity index (χ1v) is 3.76. The standard InChI is InChI=1S/C9H8O5/c1-5-2-3-6(9(12)14-13)7(4-5)8(10)11/h2-4,13H,1H3,(H,10,11). The summed E-state index contributed by atoms with van der Waals surface area (Å²) in [6, 6.07) is 4.17. The minimum atomic E-state index is -1.24. The second-order valence-corrected chi connectivity index (χ2v) is 2.73. The summed E-state index contributed by atoms with van der Waals surface area (Å²) in [6.07, 6.45) is 0. The number of benzene rings is 1. The first-order valence-electron chi connectivity index (χ1n) is 3.76. The largest absolute Gasteiger partial charge is 0.478 e. The maximum atomic E-state index is 10.9. The van der Waals surface area contributed by atoms with Gasteiger partial charge in [-0.1, -0.05) is 11.6 Å². The Morgan fingerprint density at radius 1 is 1.29 bits per heavy atom. The summed E-state index contributed by atoms with van der Waals surface area (Å²) in [6.45, 7) is 1.69. The molecule has 0 bridgehead atoms. The zero-order valence-electron chi connectivity index (χ0n) is 7.35. The molecule has 14 heavy (non-hydrogen) atoms. The summed E-state index contributed by atoms with van der Waals surface area (Å²) in [5.74, 6) is -2.32. The number of aryl methyl sites for hydroxylation is 1. The van der Waals surface area contributed by atoms with Gasteiger partial charge in [-0.25, -0.2) is 9.59 Å². The van der Waals surface area contributed by atoms with Crippen LogP contribution in [-0.4, -0.2) is 22.3 Å².